The van der Waals surface area contributed by atoms with Crippen LogP contribution in [0.2, 0.25) is 0 Å². The zero-order valence-corrected chi connectivity index (χ0v) is 19.0. The van der Waals surface area contributed by atoms with Crippen molar-refractivity contribution in [2.24, 2.45) is 5.92 Å². The standard InChI is InChI=1S/C22H29F3N4O2S/c1-16-7-9-28(10-8-16)20-26-27-21(29(20)13-19-6-3-11-30-19)32-14-17-4-2-5-18(12-17)31-15-22(23,24)25/h2,4-5,12,16,19H,3,6-11,13-15H2,1H3. The van der Waals surface area contributed by atoms with Crippen molar-refractivity contribution in [1.29, 1.82) is 0 Å². The van der Waals surface area contributed by atoms with Crippen molar-refractivity contribution in [1.82, 2.24) is 14.8 Å². The molecule has 2 fully saturated rings. The van der Waals surface area contributed by atoms with E-state index < -0.39 is 12.8 Å². The van der Waals surface area contributed by atoms with E-state index in [1.165, 1.54) is 17.8 Å². The zero-order valence-electron chi connectivity index (χ0n) is 18.2. The molecule has 2 saturated heterocycles. The average Bonchev–Trinajstić information content (AvgIpc) is 3.42. The number of hydrogen-bond donors (Lipinski definition) is 0. The van der Waals surface area contributed by atoms with Crippen molar-refractivity contribution in [3.63, 3.8) is 0 Å². The number of nitrogens with zero attached hydrogens (tertiary/aromatic N) is 4. The normalized spacial score (nSPS) is 20.1. The molecule has 1 aromatic carbocycles. The third kappa shape index (κ3) is 6.31. The summed E-state index contributed by atoms with van der Waals surface area (Å²) >= 11 is 1.53. The summed E-state index contributed by atoms with van der Waals surface area (Å²) in [6, 6.07) is 6.77. The van der Waals surface area contributed by atoms with E-state index in [0.29, 0.717) is 12.3 Å². The molecule has 2 aliphatic rings. The molecule has 1 unspecified atom stereocenters. The van der Waals surface area contributed by atoms with E-state index in [1.807, 2.05) is 6.07 Å². The van der Waals surface area contributed by atoms with Crippen LogP contribution >= 0.6 is 11.8 Å². The summed E-state index contributed by atoms with van der Waals surface area (Å²) in [4.78, 5) is 2.30. The van der Waals surface area contributed by atoms with Gasteiger partial charge in [0.1, 0.15) is 5.75 Å². The summed E-state index contributed by atoms with van der Waals surface area (Å²) in [7, 11) is 0. The molecule has 176 valence electrons. The lowest BCUT2D eigenvalue weighted by Gasteiger charge is -2.31. The summed E-state index contributed by atoms with van der Waals surface area (Å²) < 4.78 is 50.2. The minimum absolute atomic E-state index is 0.159. The Morgan fingerprint density at radius 3 is 2.72 bits per heavy atom. The lowest BCUT2D eigenvalue weighted by molar-refractivity contribution is -0.153. The Hall–Kier alpha value is -1.94. The van der Waals surface area contributed by atoms with Crippen LogP contribution in [0.1, 0.15) is 38.2 Å². The number of halogens is 3. The molecule has 1 aromatic heterocycles. The molecule has 0 radical (unpaired) electrons. The SMILES string of the molecule is CC1CCN(c2nnc(SCc3cccc(OCC(F)(F)F)c3)n2CC2CCCO2)CC1. The average molecular weight is 471 g/mol. The van der Waals surface area contributed by atoms with E-state index in [9.17, 15) is 13.2 Å². The highest BCUT2D eigenvalue weighted by molar-refractivity contribution is 7.98. The number of alkyl halides is 3. The number of ether oxygens (including phenoxy) is 2. The van der Waals surface area contributed by atoms with E-state index in [0.717, 1.165) is 68.0 Å². The van der Waals surface area contributed by atoms with Gasteiger partial charge in [-0.25, -0.2) is 0 Å². The lowest BCUT2D eigenvalue weighted by atomic mass is 10.00. The molecule has 0 N–H and O–H groups in total. The van der Waals surface area contributed by atoms with Crippen LogP contribution in [0.25, 0.3) is 0 Å². The second-order valence-electron chi connectivity index (χ2n) is 8.54. The maximum absolute atomic E-state index is 12.4. The Labute approximate surface area is 190 Å². The molecular formula is C22H29F3N4O2S. The van der Waals surface area contributed by atoms with E-state index in [4.69, 9.17) is 9.47 Å². The highest BCUT2D eigenvalue weighted by Crippen LogP contribution is 2.30. The van der Waals surface area contributed by atoms with Crippen molar-refractivity contribution in [3.8, 4) is 5.75 Å². The van der Waals surface area contributed by atoms with Crippen molar-refractivity contribution in [3.05, 3.63) is 29.8 Å². The first-order valence-corrected chi connectivity index (χ1v) is 12.1. The number of rotatable bonds is 8. The molecule has 0 amide bonds. The number of anilines is 1. The van der Waals surface area contributed by atoms with Crippen LogP contribution < -0.4 is 9.64 Å². The minimum Gasteiger partial charge on any atom is -0.484 e. The highest BCUT2D eigenvalue weighted by Gasteiger charge is 2.28. The Bertz CT molecular complexity index is 878. The van der Waals surface area contributed by atoms with Crippen LogP contribution in [-0.4, -0.2) is 53.3 Å². The molecule has 0 spiro atoms. The summed E-state index contributed by atoms with van der Waals surface area (Å²) in [5.41, 5.74) is 0.870. The predicted molar refractivity (Wildman–Crippen MR) is 117 cm³/mol. The molecule has 3 heterocycles. The smallest absolute Gasteiger partial charge is 0.422 e. The van der Waals surface area contributed by atoms with Crippen LogP contribution in [0.3, 0.4) is 0 Å². The monoisotopic (exact) mass is 470 g/mol. The third-order valence-corrected chi connectivity index (χ3v) is 6.88. The van der Waals surface area contributed by atoms with Crippen LogP contribution in [0, 0.1) is 5.92 Å². The quantitative estimate of drug-likeness (QED) is 0.510. The van der Waals surface area contributed by atoms with E-state index in [1.54, 1.807) is 12.1 Å². The third-order valence-electron chi connectivity index (χ3n) is 5.84. The fourth-order valence-corrected chi connectivity index (χ4v) is 4.91. The van der Waals surface area contributed by atoms with E-state index in [-0.39, 0.29) is 11.9 Å². The number of benzene rings is 1. The minimum atomic E-state index is -4.36. The molecule has 2 aliphatic heterocycles. The number of thioether (sulfide) groups is 1. The molecule has 6 nitrogen and oxygen atoms in total. The van der Waals surface area contributed by atoms with Crippen molar-refractivity contribution < 1.29 is 22.6 Å². The van der Waals surface area contributed by atoms with Gasteiger partial charge in [-0.05, 0) is 49.3 Å². The number of aromatic nitrogens is 3. The largest absolute Gasteiger partial charge is 0.484 e. The van der Waals surface area contributed by atoms with Crippen LogP contribution in [-0.2, 0) is 17.0 Å². The van der Waals surface area contributed by atoms with Gasteiger partial charge in [0.25, 0.3) is 0 Å². The van der Waals surface area contributed by atoms with Gasteiger partial charge in [-0.3, -0.25) is 4.57 Å². The number of hydrogen-bond acceptors (Lipinski definition) is 6. The Balaban J connectivity index is 1.45. The van der Waals surface area contributed by atoms with Gasteiger partial charge in [0.2, 0.25) is 5.95 Å². The first kappa shape index (κ1) is 23.2. The molecule has 4 rings (SSSR count). The van der Waals surface area contributed by atoms with Crippen LogP contribution in [0.15, 0.2) is 29.4 Å². The lowest BCUT2D eigenvalue weighted by Crippen LogP contribution is -2.35. The van der Waals surface area contributed by atoms with Gasteiger partial charge >= 0.3 is 6.18 Å². The second kappa shape index (κ2) is 10.3. The molecule has 0 saturated carbocycles. The molecule has 0 aliphatic carbocycles. The van der Waals surface area contributed by atoms with Crippen LogP contribution in [0.4, 0.5) is 19.1 Å². The Kier molecular flexibility index (Phi) is 7.50. The van der Waals surface area contributed by atoms with Gasteiger partial charge in [-0.1, -0.05) is 30.8 Å². The van der Waals surface area contributed by atoms with Gasteiger partial charge in [-0.15, -0.1) is 10.2 Å². The summed E-state index contributed by atoms with van der Waals surface area (Å²) in [5.74, 6) is 2.38. The van der Waals surface area contributed by atoms with Gasteiger partial charge in [0, 0.05) is 25.4 Å². The topological polar surface area (TPSA) is 52.4 Å². The molecular weight excluding hydrogens is 441 g/mol. The first-order chi connectivity index (χ1) is 15.4. The Morgan fingerprint density at radius 1 is 1.19 bits per heavy atom. The molecule has 10 heteroatoms. The van der Waals surface area contributed by atoms with E-state index in [2.05, 4.69) is 26.6 Å². The first-order valence-electron chi connectivity index (χ1n) is 11.1. The van der Waals surface area contributed by atoms with Gasteiger partial charge < -0.3 is 14.4 Å². The summed E-state index contributed by atoms with van der Waals surface area (Å²) in [6.45, 7) is 4.42. The zero-order chi connectivity index (χ0) is 22.6. The summed E-state index contributed by atoms with van der Waals surface area (Å²) in [6.07, 6.45) is 0.173. The van der Waals surface area contributed by atoms with Gasteiger partial charge in [0.05, 0.1) is 12.6 Å². The molecule has 1 atom stereocenters. The predicted octanol–water partition coefficient (Wildman–Crippen LogP) is 4.93. The fraction of sp³-hybridized carbons (Fsp3) is 0.636. The summed E-state index contributed by atoms with van der Waals surface area (Å²) in [5, 5.41) is 9.76. The Morgan fingerprint density at radius 2 is 2.00 bits per heavy atom. The van der Waals surface area contributed by atoms with Crippen molar-refractivity contribution in [2.45, 2.75) is 62.3 Å². The molecule has 2 aromatic rings. The van der Waals surface area contributed by atoms with Crippen molar-refractivity contribution in [2.75, 3.05) is 31.2 Å². The van der Waals surface area contributed by atoms with Crippen LogP contribution in [0.5, 0.6) is 5.75 Å². The number of piperidine rings is 1. The fourth-order valence-electron chi connectivity index (χ4n) is 4.02. The molecule has 32 heavy (non-hydrogen) atoms. The second-order valence-corrected chi connectivity index (χ2v) is 9.48. The molecule has 0 bridgehead atoms. The highest BCUT2D eigenvalue weighted by atomic mass is 32.2. The van der Waals surface area contributed by atoms with Gasteiger partial charge in [0.15, 0.2) is 11.8 Å². The van der Waals surface area contributed by atoms with E-state index >= 15 is 0 Å². The van der Waals surface area contributed by atoms with Crippen molar-refractivity contribution >= 4 is 17.7 Å². The van der Waals surface area contributed by atoms with Gasteiger partial charge in [-0.2, -0.15) is 13.2 Å². The maximum Gasteiger partial charge on any atom is 0.422 e. The maximum atomic E-state index is 12.4.